The van der Waals surface area contributed by atoms with E-state index in [-0.39, 0.29) is 35.5 Å². The summed E-state index contributed by atoms with van der Waals surface area (Å²) in [7, 11) is -4.23. The number of hydrogen-bond donors (Lipinski definition) is 1. The zero-order valence-corrected chi connectivity index (χ0v) is 27.0. The highest BCUT2D eigenvalue weighted by Gasteiger charge is 2.35. The van der Waals surface area contributed by atoms with E-state index in [1.165, 1.54) is 35.2 Å². The average Bonchev–Trinajstić information content (AvgIpc) is 3.07. The van der Waals surface area contributed by atoms with Crippen molar-refractivity contribution in [2.45, 2.75) is 62.0 Å². The molecule has 0 bridgehead atoms. The minimum atomic E-state index is -4.23. The normalized spacial score (nSPS) is 14.3. The second-order valence-corrected chi connectivity index (χ2v) is 13.8. The van der Waals surface area contributed by atoms with Crippen molar-refractivity contribution >= 4 is 39.1 Å². The first-order valence-corrected chi connectivity index (χ1v) is 17.2. The number of carbonyl (C=O) groups excluding carboxylic acids is 2. The van der Waals surface area contributed by atoms with Crippen LogP contribution in [0.15, 0.2) is 114 Å². The van der Waals surface area contributed by atoms with E-state index in [1.807, 2.05) is 30.3 Å². The zero-order chi connectivity index (χ0) is 32.5. The Morgan fingerprint density at radius 3 is 2.13 bits per heavy atom. The Hall–Kier alpha value is -4.21. The van der Waals surface area contributed by atoms with E-state index in [1.54, 1.807) is 48.5 Å². The Morgan fingerprint density at radius 2 is 1.48 bits per heavy atom. The van der Waals surface area contributed by atoms with Crippen LogP contribution < -0.4 is 9.62 Å². The summed E-state index contributed by atoms with van der Waals surface area (Å²) in [6, 6.07) is 28.2. The fraction of sp³-hybridized carbons (Fsp3) is 0.278. The lowest BCUT2D eigenvalue weighted by atomic mass is 9.94. The van der Waals surface area contributed by atoms with Crippen LogP contribution >= 0.6 is 11.6 Å². The maximum atomic E-state index is 14.5. The number of halogens is 2. The molecule has 10 heteroatoms. The number of nitrogens with zero attached hydrogens (tertiary/aromatic N) is 2. The highest BCUT2D eigenvalue weighted by Crippen LogP contribution is 2.27. The van der Waals surface area contributed by atoms with E-state index >= 15 is 0 Å². The molecule has 1 aliphatic rings. The minimum absolute atomic E-state index is 0.00346. The maximum Gasteiger partial charge on any atom is 0.264 e. The quantitative estimate of drug-likeness (QED) is 0.182. The summed E-state index contributed by atoms with van der Waals surface area (Å²) < 4.78 is 43.0. The van der Waals surface area contributed by atoms with Crippen LogP contribution in [-0.2, 0) is 32.6 Å². The molecule has 0 radical (unpaired) electrons. The van der Waals surface area contributed by atoms with Crippen molar-refractivity contribution in [1.29, 1.82) is 0 Å². The Kier molecular flexibility index (Phi) is 11.1. The summed E-state index contributed by atoms with van der Waals surface area (Å²) >= 11 is 6.28. The van der Waals surface area contributed by atoms with Crippen LogP contribution in [0, 0.1) is 5.82 Å². The molecule has 4 aromatic rings. The number of hydrogen-bond acceptors (Lipinski definition) is 4. The summed E-state index contributed by atoms with van der Waals surface area (Å²) in [6.45, 7) is -0.635. The molecule has 2 amide bonds. The van der Waals surface area contributed by atoms with Gasteiger partial charge in [-0.25, -0.2) is 12.8 Å². The molecule has 240 valence electrons. The van der Waals surface area contributed by atoms with E-state index in [2.05, 4.69) is 5.32 Å². The summed E-state index contributed by atoms with van der Waals surface area (Å²) in [4.78, 5) is 30.0. The smallest absolute Gasteiger partial charge is 0.264 e. The van der Waals surface area contributed by atoms with Crippen LogP contribution in [0.4, 0.5) is 10.1 Å². The maximum absolute atomic E-state index is 14.5. The Labute approximate surface area is 275 Å². The van der Waals surface area contributed by atoms with Gasteiger partial charge in [0.2, 0.25) is 11.8 Å². The SMILES string of the molecule is O=C(NC1CCCCC1)[C@@H](Cc1ccccc1)N(Cc1ccc(F)cc1)C(=O)CN(c1cccc(Cl)c1)S(=O)(=O)c1ccccc1. The lowest BCUT2D eigenvalue weighted by Gasteiger charge is -2.35. The lowest BCUT2D eigenvalue weighted by molar-refractivity contribution is -0.140. The minimum Gasteiger partial charge on any atom is -0.352 e. The number of nitrogens with one attached hydrogen (secondary N) is 1. The van der Waals surface area contributed by atoms with Crippen LogP contribution in [0.25, 0.3) is 0 Å². The Bertz CT molecular complexity index is 1720. The summed E-state index contributed by atoms with van der Waals surface area (Å²) in [5.41, 5.74) is 1.64. The second kappa shape index (κ2) is 15.4. The fourth-order valence-corrected chi connectivity index (χ4v) is 7.38. The average molecular weight is 662 g/mol. The first kappa shape index (κ1) is 33.2. The van der Waals surface area contributed by atoms with Crippen molar-refractivity contribution in [3.05, 3.63) is 131 Å². The van der Waals surface area contributed by atoms with Crippen molar-refractivity contribution in [2.24, 2.45) is 0 Å². The number of amides is 2. The standard InChI is InChI=1S/C36H37ClFN3O4S/c37-29-13-10-16-32(24-29)41(46(44,45)33-17-8-3-9-18-33)26-35(42)40(25-28-19-21-30(38)22-20-28)34(23-27-11-4-1-5-12-27)36(43)39-31-14-6-2-7-15-31/h1,3-5,8-13,16-22,24,31,34H,2,6-7,14-15,23,25-26H2,(H,39,43)/t34-/m1/s1. The largest absolute Gasteiger partial charge is 0.352 e. The lowest BCUT2D eigenvalue weighted by Crippen LogP contribution is -2.55. The van der Waals surface area contributed by atoms with Crippen molar-refractivity contribution in [1.82, 2.24) is 10.2 Å². The predicted molar refractivity (Wildman–Crippen MR) is 178 cm³/mol. The molecule has 46 heavy (non-hydrogen) atoms. The molecule has 0 saturated heterocycles. The van der Waals surface area contributed by atoms with E-state index in [0.29, 0.717) is 10.6 Å². The van der Waals surface area contributed by atoms with Gasteiger partial charge in [0.1, 0.15) is 18.4 Å². The summed E-state index contributed by atoms with van der Waals surface area (Å²) in [5.74, 6) is -1.34. The van der Waals surface area contributed by atoms with Crippen molar-refractivity contribution in [3.63, 3.8) is 0 Å². The van der Waals surface area contributed by atoms with Gasteiger partial charge in [0.05, 0.1) is 10.6 Å². The molecule has 4 aromatic carbocycles. The van der Waals surface area contributed by atoms with Crippen LogP contribution in [-0.4, -0.2) is 43.8 Å². The van der Waals surface area contributed by atoms with Gasteiger partial charge in [-0.1, -0.05) is 97.6 Å². The first-order chi connectivity index (χ1) is 22.2. The first-order valence-electron chi connectivity index (χ1n) is 15.4. The van der Waals surface area contributed by atoms with Crippen molar-refractivity contribution in [2.75, 3.05) is 10.8 Å². The predicted octanol–water partition coefficient (Wildman–Crippen LogP) is 6.76. The Balaban J connectivity index is 1.55. The van der Waals surface area contributed by atoms with Gasteiger partial charge in [0, 0.05) is 24.0 Å². The molecular weight excluding hydrogens is 625 g/mol. The summed E-state index contributed by atoms with van der Waals surface area (Å²) in [6.07, 6.45) is 5.05. The summed E-state index contributed by atoms with van der Waals surface area (Å²) in [5, 5.41) is 3.48. The van der Waals surface area contributed by atoms with E-state index < -0.39 is 34.3 Å². The van der Waals surface area contributed by atoms with Gasteiger partial charge < -0.3 is 10.2 Å². The number of rotatable bonds is 12. The Morgan fingerprint density at radius 1 is 0.826 bits per heavy atom. The number of carbonyl (C=O) groups is 2. The van der Waals surface area contributed by atoms with Crippen LogP contribution in [0.2, 0.25) is 5.02 Å². The topological polar surface area (TPSA) is 86.8 Å². The van der Waals surface area contributed by atoms with Gasteiger partial charge in [0.25, 0.3) is 10.0 Å². The number of anilines is 1. The van der Waals surface area contributed by atoms with Gasteiger partial charge >= 0.3 is 0 Å². The highest BCUT2D eigenvalue weighted by atomic mass is 35.5. The zero-order valence-electron chi connectivity index (χ0n) is 25.4. The van der Waals surface area contributed by atoms with Crippen molar-refractivity contribution < 1.29 is 22.4 Å². The molecule has 0 unspecified atom stereocenters. The van der Waals surface area contributed by atoms with Gasteiger partial charge in [-0.2, -0.15) is 0 Å². The van der Waals surface area contributed by atoms with E-state index in [0.717, 1.165) is 42.0 Å². The third-order valence-corrected chi connectivity index (χ3v) is 10.2. The fourth-order valence-electron chi connectivity index (χ4n) is 5.76. The van der Waals surface area contributed by atoms with Gasteiger partial charge in [-0.15, -0.1) is 0 Å². The molecule has 1 N–H and O–H groups in total. The monoisotopic (exact) mass is 661 g/mol. The van der Waals surface area contributed by atoms with Crippen LogP contribution in [0.3, 0.4) is 0 Å². The van der Waals surface area contributed by atoms with Crippen LogP contribution in [0.1, 0.15) is 43.2 Å². The molecule has 0 spiro atoms. The van der Waals surface area contributed by atoms with Gasteiger partial charge in [-0.05, 0) is 66.4 Å². The molecule has 1 atom stereocenters. The molecule has 7 nitrogen and oxygen atoms in total. The number of benzene rings is 4. The molecule has 0 aliphatic heterocycles. The van der Waals surface area contributed by atoms with E-state index in [4.69, 9.17) is 11.6 Å². The van der Waals surface area contributed by atoms with Crippen LogP contribution in [0.5, 0.6) is 0 Å². The van der Waals surface area contributed by atoms with E-state index in [9.17, 15) is 22.4 Å². The van der Waals surface area contributed by atoms with Gasteiger partial charge in [0.15, 0.2) is 0 Å². The molecule has 1 saturated carbocycles. The third-order valence-electron chi connectivity index (χ3n) is 8.20. The molecule has 0 aromatic heterocycles. The molecule has 1 fully saturated rings. The van der Waals surface area contributed by atoms with Crippen molar-refractivity contribution in [3.8, 4) is 0 Å². The molecular formula is C36H37ClFN3O4S. The molecule has 1 aliphatic carbocycles. The second-order valence-electron chi connectivity index (χ2n) is 11.5. The highest BCUT2D eigenvalue weighted by molar-refractivity contribution is 7.92. The number of sulfonamides is 1. The third kappa shape index (κ3) is 8.53. The molecule has 5 rings (SSSR count). The molecule has 0 heterocycles. The van der Waals surface area contributed by atoms with Gasteiger partial charge in [-0.3, -0.25) is 13.9 Å².